The number of aliphatic hydroxyl groups is 1. The summed E-state index contributed by atoms with van der Waals surface area (Å²) in [5.74, 6) is 0.179. The summed E-state index contributed by atoms with van der Waals surface area (Å²) in [6.07, 6.45) is 4.95. The van der Waals surface area contributed by atoms with Crippen LogP contribution >= 0.6 is 11.3 Å². The fourth-order valence-electron chi connectivity index (χ4n) is 2.95. The van der Waals surface area contributed by atoms with Crippen LogP contribution in [0.5, 0.6) is 0 Å². The third-order valence-electron chi connectivity index (χ3n) is 4.14. The van der Waals surface area contributed by atoms with Gasteiger partial charge in [-0.1, -0.05) is 12.1 Å². The molecule has 1 aliphatic heterocycles. The molecule has 0 atom stereocenters. The van der Waals surface area contributed by atoms with Crippen molar-refractivity contribution in [1.82, 2.24) is 4.98 Å². The van der Waals surface area contributed by atoms with E-state index in [1.807, 2.05) is 24.3 Å². The summed E-state index contributed by atoms with van der Waals surface area (Å²) in [5, 5.41) is 20.5. The zero-order chi connectivity index (χ0) is 15.4. The maximum atomic E-state index is 10.4. The largest absolute Gasteiger partial charge is 0.506 e. The third kappa shape index (κ3) is 3.29. The maximum absolute atomic E-state index is 10.4. The highest BCUT2D eigenvalue weighted by Gasteiger charge is 2.19. The summed E-state index contributed by atoms with van der Waals surface area (Å²) in [6.45, 7) is 2.67. The minimum atomic E-state index is 0.179. The molecule has 0 bridgehead atoms. The Kier molecular flexibility index (Phi) is 4.71. The highest BCUT2D eigenvalue weighted by Crippen LogP contribution is 2.27. The van der Waals surface area contributed by atoms with Gasteiger partial charge in [0.2, 0.25) is 0 Å². The first-order valence-corrected chi connectivity index (χ1v) is 8.61. The van der Waals surface area contributed by atoms with Crippen LogP contribution in [0.25, 0.3) is 15.8 Å². The second-order valence-corrected chi connectivity index (χ2v) is 6.79. The number of rotatable bonds is 3. The number of nitrogens with one attached hydrogen (secondary N) is 1. The quantitative estimate of drug-likeness (QED) is 0.676. The molecule has 1 aromatic heterocycles. The molecule has 0 aliphatic carbocycles. The molecule has 2 heterocycles. The maximum Gasteiger partial charge on any atom is 0.168 e. The van der Waals surface area contributed by atoms with Crippen LogP contribution in [0.3, 0.4) is 0 Å². The van der Waals surface area contributed by atoms with Crippen LogP contribution in [0.4, 0.5) is 0 Å². The first-order chi connectivity index (χ1) is 10.8. The van der Waals surface area contributed by atoms with Crippen molar-refractivity contribution < 1.29 is 10.0 Å². The molecule has 3 rings (SSSR count). The molecule has 0 radical (unpaired) electrons. The average Bonchev–Trinajstić information content (AvgIpc) is 2.77. The van der Waals surface area contributed by atoms with Crippen LogP contribution in [0.1, 0.15) is 30.7 Å². The smallest absolute Gasteiger partial charge is 0.168 e. The van der Waals surface area contributed by atoms with Crippen LogP contribution in [0.2, 0.25) is 0 Å². The van der Waals surface area contributed by atoms with Gasteiger partial charge < -0.3 is 10.0 Å². The molecule has 0 unspecified atom stereocenters. The number of allylic oxidation sites excluding steroid dienone is 1. The first-order valence-electron chi connectivity index (χ1n) is 7.79. The number of benzene rings is 1. The van der Waals surface area contributed by atoms with E-state index in [2.05, 4.69) is 11.1 Å². The summed E-state index contributed by atoms with van der Waals surface area (Å²) in [5.41, 5.74) is 1.21. The second-order valence-electron chi connectivity index (χ2n) is 5.76. The molecule has 2 aromatic rings. The van der Waals surface area contributed by atoms with Crippen LogP contribution < -0.4 is 4.90 Å². The van der Waals surface area contributed by atoms with E-state index >= 15 is 0 Å². The number of fused-ring (bicyclic) bond motifs is 1. The number of thiazole rings is 1. The number of aromatic nitrogens is 1. The summed E-state index contributed by atoms with van der Waals surface area (Å²) >= 11 is 1.46. The van der Waals surface area contributed by atoms with Gasteiger partial charge in [-0.25, -0.2) is 4.98 Å². The van der Waals surface area contributed by atoms with E-state index in [0.717, 1.165) is 23.3 Å². The number of hydrogen-bond donors (Lipinski definition) is 2. The van der Waals surface area contributed by atoms with Gasteiger partial charge in [-0.15, -0.1) is 11.3 Å². The Morgan fingerprint density at radius 3 is 2.64 bits per heavy atom. The molecule has 0 spiro atoms. The molecule has 1 aliphatic rings. The van der Waals surface area contributed by atoms with Crippen LogP contribution in [-0.2, 0) is 0 Å². The van der Waals surface area contributed by atoms with Crippen molar-refractivity contribution in [2.45, 2.75) is 25.7 Å². The van der Waals surface area contributed by atoms with Crippen LogP contribution in [0.15, 0.2) is 30.0 Å². The van der Waals surface area contributed by atoms with Crippen LogP contribution in [0, 0.1) is 11.3 Å². The molecule has 2 N–H and O–H groups in total. The molecule has 4 nitrogen and oxygen atoms in total. The fraction of sp³-hybridized carbons (Fsp3) is 0.412. The van der Waals surface area contributed by atoms with Gasteiger partial charge in [-0.3, -0.25) is 0 Å². The average molecular weight is 314 g/mol. The predicted molar refractivity (Wildman–Crippen MR) is 88.8 cm³/mol. The molecule has 0 amide bonds. The van der Waals surface area contributed by atoms with Gasteiger partial charge in [0.05, 0.1) is 23.3 Å². The monoisotopic (exact) mass is 314 g/mol. The SMILES string of the molecule is N#CC(=C(O)C[NH+]1CCCCCC1)c1nc2ccccc2s1. The number of hydrogen-bond acceptors (Lipinski definition) is 4. The lowest BCUT2D eigenvalue weighted by atomic mass is 10.2. The van der Waals surface area contributed by atoms with E-state index < -0.39 is 0 Å². The number of nitriles is 1. The van der Waals surface area contributed by atoms with Crippen LogP contribution in [-0.4, -0.2) is 29.7 Å². The van der Waals surface area contributed by atoms with E-state index in [9.17, 15) is 10.4 Å². The van der Waals surface area contributed by atoms with Gasteiger partial charge in [0.25, 0.3) is 0 Å². The zero-order valence-corrected chi connectivity index (χ0v) is 13.3. The van der Waals surface area contributed by atoms with Crippen molar-refractivity contribution in [2.24, 2.45) is 0 Å². The van der Waals surface area contributed by atoms with E-state index in [0.29, 0.717) is 17.1 Å². The minimum Gasteiger partial charge on any atom is -0.506 e. The molecule has 1 saturated heterocycles. The number of likely N-dealkylation sites (tertiary alicyclic amines) is 1. The van der Waals surface area contributed by atoms with Gasteiger partial charge in [0.1, 0.15) is 23.2 Å². The number of quaternary nitrogens is 1. The van der Waals surface area contributed by atoms with Gasteiger partial charge in [0, 0.05) is 0 Å². The lowest BCUT2D eigenvalue weighted by Crippen LogP contribution is -3.12. The molecule has 114 valence electrons. The molecule has 1 aromatic carbocycles. The molecule has 5 heteroatoms. The topological polar surface area (TPSA) is 61.3 Å². The van der Waals surface area contributed by atoms with Crippen molar-refractivity contribution >= 4 is 27.1 Å². The van der Waals surface area contributed by atoms with Crippen molar-refractivity contribution in [1.29, 1.82) is 5.26 Å². The molecule has 22 heavy (non-hydrogen) atoms. The molecular formula is C17H20N3OS+. The minimum absolute atomic E-state index is 0.179. The standard InChI is InChI=1S/C17H19N3OS/c18-11-13(15(21)12-20-9-5-1-2-6-10-20)17-19-14-7-3-4-8-16(14)22-17/h3-4,7-8,21H,1-2,5-6,9-10,12H2/p+1. The van der Waals surface area contributed by atoms with Crippen molar-refractivity contribution in [2.75, 3.05) is 19.6 Å². The summed E-state index contributed by atoms with van der Waals surface area (Å²) < 4.78 is 1.04. The molecular weight excluding hydrogens is 294 g/mol. The third-order valence-corrected chi connectivity index (χ3v) is 5.19. The Morgan fingerprint density at radius 1 is 1.23 bits per heavy atom. The summed E-state index contributed by atoms with van der Waals surface area (Å²) in [6, 6.07) is 9.96. The second kappa shape index (κ2) is 6.91. The van der Waals surface area contributed by atoms with Gasteiger partial charge in [-0.2, -0.15) is 5.26 Å². The number of aliphatic hydroxyl groups excluding tert-OH is 1. The Balaban J connectivity index is 1.86. The summed E-state index contributed by atoms with van der Waals surface area (Å²) in [4.78, 5) is 5.85. The van der Waals surface area contributed by atoms with Crippen molar-refractivity contribution in [3.8, 4) is 6.07 Å². The van der Waals surface area contributed by atoms with Crippen molar-refractivity contribution in [3.05, 3.63) is 35.0 Å². The Hall–Kier alpha value is -1.90. The molecule has 1 fully saturated rings. The predicted octanol–water partition coefficient (Wildman–Crippen LogP) is 2.55. The van der Waals surface area contributed by atoms with Gasteiger partial charge in [0.15, 0.2) is 5.76 Å². The Morgan fingerprint density at radius 2 is 1.95 bits per heavy atom. The van der Waals surface area contributed by atoms with E-state index in [-0.39, 0.29) is 5.76 Å². The highest BCUT2D eigenvalue weighted by molar-refractivity contribution is 7.19. The Bertz CT molecular complexity index is 688. The van der Waals surface area contributed by atoms with Gasteiger partial charge >= 0.3 is 0 Å². The zero-order valence-electron chi connectivity index (χ0n) is 12.5. The highest BCUT2D eigenvalue weighted by atomic mass is 32.1. The lowest BCUT2D eigenvalue weighted by Gasteiger charge is -2.16. The van der Waals surface area contributed by atoms with E-state index in [1.54, 1.807) is 0 Å². The fourth-order valence-corrected chi connectivity index (χ4v) is 3.93. The molecule has 0 saturated carbocycles. The summed E-state index contributed by atoms with van der Waals surface area (Å²) in [7, 11) is 0. The first kappa shape index (κ1) is 15.0. The van der Waals surface area contributed by atoms with E-state index in [1.165, 1.54) is 41.9 Å². The lowest BCUT2D eigenvalue weighted by molar-refractivity contribution is -0.895. The Labute approximate surface area is 134 Å². The van der Waals surface area contributed by atoms with E-state index in [4.69, 9.17) is 0 Å². The van der Waals surface area contributed by atoms with Crippen molar-refractivity contribution in [3.63, 3.8) is 0 Å². The number of nitrogens with zero attached hydrogens (tertiary/aromatic N) is 2. The van der Waals surface area contributed by atoms with Gasteiger partial charge in [-0.05, 0) is 37.8 Å². The number of para-hydroxylation sites is 1. The normalized spacial score (nSPS) is 17.8.